The summed E-state index contributed by atoms with van der Waals surface area (Å²) in [6.07, 6.45) is 4.28. The van der Waals surface area contributed by atoms with Crippen molar-refractivity contribution in [3.05, 3.63) is 59.7 Å². The molecule has 1 heterocycles. The maximum Gasteiger partial charge on any atom is 0.242 e. The van der Waals surface area contributed by atoms with E-state index in [0.717, 1.165) is 36.8 Å². The van der Waals surface area contributed by atoms with Crippen LogP contribution < -0.4 is 14.8 Å². The van der Waals surface area contributed by atoms with E-state index in [0.29, 0.717) is 25.3 Å². The molecule has 1 saturated carbocycles. The van der Waals surface area contributed by atoms with Crippen LogP contribution in [0.3, 0.4) is 0 Å². The van der Waals surface area contributed by atoms with Gasteiger partial charge in [0.15, 0.2) is 0 Å². The van der Waals surface area contributed by atoms with Crippen molar-refractivity contribution in [2.24, 2.45) is 0 Å². The molecule has 1 aliphatic carbocycles. The van der Waals surface area contributed by atoms with Crippen LogP contribution in [0.5, 0.6) is 5.75 Å². The Balaban J connectivity index is 1.40. The number of rotatable bonds is 13. The number of nitrogens with zero attached hydrogens (tertiary/aromatic N) is 1. The van der Waals surface area contributed by atoms with Gasteiger partial charge < -0.3 is 19.7 Å². The molecule has 0 bridgehead atoms. The monoisotopic (exact) mass is 543 g/mol. The van der Waals surface area contributed by atoms with Gasteiger partial charge in [0, 0.05) is 32.2 Å². The summed E-state index contributed by atoms with van der Waals surface area (Å²) in [6, 6.07) is 13.4. The number of amides is 2. The Morgan fingerprint density at radius 1 is 1.05 bits per heavy atom. The average molecular weight is 544 g/mol. The van der Waals surface area contributed by atoms with Gasteiger partial charge in [-0.2, -0.15) is 0 Å². The molecule has 2 aliphatic rings. The first-order chi connectivity index (χ1) is 18.2. The molecule has 0 aromatic heterocycles. The van der Waals surface area contributed by atoms with Gasteiger partial charge in [0.2, 0.25) is 21.8 Å². The Morgan fingerprint density at radius 3 is 2.34 bits per heavy atom. The highest BCUT2D eigenvalue weighted by atomic mass is 32.2. The number of methoxy groups -OCH3 is 1. The SMILES string of the molecule is COc1ccc(CN(C(=O)CCc2ccc(S(=O)(=O)NC3CC3)cc2)[C@@H](C)C(=O)NC[C@@H]2CCCO2)cc1. The van der Waals surface area contributed by atoms with Crippen LogP contribution in [-0.2, 0) is 37.3 Å². The highest BCUT2D eigenvalue weighted by Gasteiger charge is 2.29. The topological polar surface area (TPSA) is 114 Å². The lowest BCUT2D eigenvalue weighted by atomic mass is 10.1. The van der Waals surface area contributed by atoms with Gasteiger partial charge in [-0.1, -0.05) is 24.3 Å². The van der Waals surface area contributed by atoms with Crippen LogP contribution in [0.25, 0.3) is 0 Å². The molecular formula is C28H37N3O6S. The van der Waals surface area contributed by atoms with E-state index in [-0.39, 0.29) is 41.8 Å². The number of ether oxygens (including phenoxy) is 2. The first kappa shape index (κ1) is 28.1. The van der Waals surface area contributed by atoms with E-state index in [9.17, 15) is 18.0 Å². The normalized spacial score (nSPS) is 18.1. The number of carbonyl (C=O) groups is 2. The zero-order chi connectivity index (χ0) is 27.1. The summed E-state index contributed by atoms with van der Waals surface area (Å²) in [6.45, 7) is 3.15. The van der Waals surface area contributed by atoms with E-state index in [4.69, 9.17) is 9.47 Å². The molecule has 0 radical (unpaired) electrons. The molecule has 9 nitrogen and oxygen atoms in total. The molecule has 38 heavy (non-hydrogen) atoms. The van der Waals surface area contributed by atoms with Gasteiger partial charge in [-0.3, -0.25) is 9.59 Å². The Kier molecular flexibility index (Phi) is 9.40. The van der Waals surface area contributed by atoms with E-state index in [1.54, 1.807) is 43.2 Å². The molecule has 1 aliphatic heterocycles. The quantitative estimate of drug-likeness (QED) is 0.402. The third kappa shape index (κ3) is 7.78. The fourth-order valence-corrected chi connectivity index (χ4v) is 5.70. The molecule has 2 aromatic rings. The van der Waals surface area contributed by atoms with Crippen molar-refractivity contribution in [2.45, 2.75) is 75.1 Å². The second-order valence-corrected chi connectivity index (χ2v) is 11.7. The standard InChI is InChI=1S/C28H37N3O6S/c1-20(28(33)29-18-25-4-3-17-37-25)31(19-22-5-12-24(36-2)13-6-22)27(32)16-9-21-7-14-26(15-8-21)38(34,35)30-23-10-11-23/h5-8,12-15,20,23,25,30H,3-4,9-11,16-19H2,1-2H3,(H,29,33)/t20-,25-/m0/s1. The zero-order valence-corrected chi connectivity index (χ0v) is 22.8. The van der Waals surface area contributed by atoms with E-state index < -0.39 is 16.1 Å². The van der Waals surface area contributed by atoms with Gasteiger partial charge in [0.25, 0.3) is 0 Å². The van der Waals surface area contributed by atoms with Crippen molar-refractivity contribution in [3.8, 4) is 5.75 Å². The van der Waals surface area contributed by atoms with Gasteiger partial charge in [-0.25, -0.2) is 13.1 Å². The van der Waals surface area contributed by atoms with Gasteiger partial charge in [-0.05, 0) is 74.4 Å². The minimum Gasteiger partial charge on any atom is -0.497 e. The summed E-state index contributed by atoms with van der Waals surface area (Å²) in [5, 5.41) is 2.94. The lowest BCUT2D eigenvalue weighted by molar-refractivity contribution is -0.140. The average Bonchev–Trinajstić information content (AvgIpc) is 3.57. The molecule has 0 spiro atoms. The minimum absolute atomic E-state index is 0.0168. The fourth-order valence-electron chi connectivity index (χ4n) is 4.40. The number of nitrogens with one attached hydrogen (secondary N) is 2. The lowest BCUT2D eigenvalue weighted by Crippen LogP contribution is -2.49. The molecule has 2 fully saturated rings. The molecular weight excluding hydrogens is 506 g/mol. The van der Waals surface area contributed by atoms with E-state index in [2.05, 4.69) is 10.0 Å². The van der Waals surface area contributed by atoms with Crippen LogP contribution >= 0.6 is 0 Å². The summed E-state index contributed by atoms with van der Waals surface area (Å²) in [7, 11) is -1.92. The highest BCUT2D eigenvalue weighted by Crippen LogP contribution is 2.23. The van der Waals surface area contributed by atoms with Crippen LogP contribution in [0, 0.1) is 0 Å². The molecule has 2 N–H and O–H groups in total. The van der Waals surface area contributed by atoms with Gasteiger partial charge in [0.1, 0.15) is 11.8 Å². The van der Waals surface area contributed by atoms with Crippen molar-refractivity contribution >= 4 is 21.8 Å². The van der Waals surface area contributed by atoms with E-state index >= 15 is 0 Å². The van der Waals surface area contributed by atoms with Gasteiger partial charge in [-0.15, -0.1) is 0 Å². The Labute approximate surface area is 224 Å². The van der Waals surface area contributed by atoms with Crippen molar-refractivity contribution in [1.29, 1.82) is 0 Å². The van der Waals surface area contributed by atoms with Gasteiger partial charge >= 0.3 is 0 Å². The summed E-state index contributed by atoms with van der Waals surface area (Å²) in [5.74, 6) is 0.333. The van der Waals surface area contributed by atoms with Crippen molar-refractivity contribution in [3.63, 3.8) is 0 Å². The summed E-state index contributed by atoms with van der Waals surface area (Å²) in [5.41, 5.74) is 1.74. The second kappa shape index (κ2) is 12.7. The zero-order valence-electron chi connectivity index (χ0n) is 22.0. The van der Waals surface area contributed by atoms with Crippen molar-refractivity contribution in [1.82, 2.24) is 14.9 Å². The maximum atomic E-state index is 13.4. The number of aryl methyl sites for hydroxylation is 1. The molecule has 10 heteroatoms. The number of hydrogen-bond acceptors (Lipinski definition) is 6. The molecule has 2 aromatic carbocycles. The Bertz CT molecular complexity index is 1190. The molecule has 2 atom stereocenters. The predicted octanol–water partition coefficient (Wildman–Crippen LogP) is 2.78. The Morgan fingerprint density at radius 2 is 1.74 bits per heavy atom. The molecule has 1 saturated heterocycles. The predicted molar refractivity (Wildman–Crippen MR) is 143 cm³/mol. The smallest absolute Gasteiger partial charge is 0.242 e. The van der Waals surface area contributed by atoms with Crippen LogP contribution in [0.4, 0.5) is 0 Å². The van der Waals surface area contributed by atoms with Crippen LogP contribution in [-0.4, -0.2) is 63.6 Å². The van der Waals surface area contributed by atoms with Crippen LogP contribution in [0.15, 0.2) is 53.4 Å². The summed E-state index contributed by atoms with van der Waals surface area (Å²) in [4.78, 5) is 28.2. The molecule has 0 unspecified atom stereocenters. The second-order valence-electron chi connectivity index (χ2n) is 9.97. The largest absolute Gasteiger partial charge is 0.497 e. The first-order valence-corrected chi connectivity index (χ1v) is 14.7. The highest BCUT2D eigenvalue weighted by molar-refractivity contribution is 7.89. The van der Waals surface area contributed by atoms with Crippen molar-refractivity contribution < 1.29 is 27.5 Å². The van der Waals surface area contributed by atoms with Crippen LogP contribution in [0.1, 0.15) is 50.2 Å². The van der Waals surface area contributed by atoms with Crippen molar-refractivity contribution in [2.75, 3.05) is 20.3 Å². The van der Waals surface area contributed by atoms with E-state index in [1.165, 1.54) is 0 Å². The fraction of sp³-hybridized carbons (Fsp3) is 0.500. The first-order valence-electron chi connectivity index (χ1n) is 13.2. The van der Waals surface area contributed by atoms with E-state index in [1.807, 2.05) is 24.3 Å². The molecule has 2 amide bonds. The van der Waals surface area contributed by atoms with Crippen LogP contribution in [0.2, 0.25) is 0 Å². The lowest BCUT2D eigenvalue weighted by Gasteiger charge is -2.29. The maximum absolute atomic E-state index is 13.4. The Hall–Kier alpha value is -2.95. The third-order valence-corrected chi connectivity index (χ3v) is 8.50. The number of sulfonamides is 1. The number of carbonyl (C=O) groups excluding carboxylic acids is 2. The third-order valence-electron chi connectivity index (χ3n) is 6.97. The number of benzene rings is 2. The molecule has 4 rings (SSSR count). The minimum atomic E-state index is -3.52. The number of hydrogen-bond donors (Lipinski definition) is 2. The summed E-state index contributed by atoms with van der Waals surface area (Å²) >= 11 is 0. The van der Waals surface area contributed by atoms with Gasteiger partial charge in [0.05, 0.1) is 18.1 Å². The summed E-state index contributed by atoms with van der Waals surface area (Å²) < 4.78 is 38.3. The molecule has 206 valence electrons.